The van der Waals surface area contributed by atoms with Gasteiger partial charge in [-0.1, -0.05) is 28.9 Å². The maximum Gasteiger partial charge on any atom is 0.223 e. The molecule has 29 heavy (non-hydrogen) atoms. The van der Waals surface area contributed by atoms with Crippen LogP contribution < -0.4 is 4.74 Å². The SMILES string of the molecule is O=C(CCCOc1ccccc1Cl)N1CCc2noc(-c3ccc(F)cc3)c2C1. The standard InChI is InChI=1S/C22H20ClFN2O3/c23-18-4-1-2-5-20(18)28-13-3-6-21(27)26-12-11-19-17(14-26)22(29-25-19)15-7-9-16(24)10-8-15/h1-2,4-5,7-10H,3,6,11-14H2. The number of carbonyl (C=O) groups is 1. The molecule has 0 fully saturated rings. The van der Waals surface area contributed by atoms with Crippen LogP contribution in [0.1, 0.15) is 24.1 Å². The average molecular weight is 415 g/mol. The van der Waals surface area contributed by atoms with E-state index in [4.69, 9.17) is 20.9 Å². The second-order valence-electron chi connectivity index (χ2n) is 6.89. The molecule has 0 radical (unpaired) electrons. The van der Waals surface area contributed by atoms with E-state index in [0.29, 0.717) is 55.5 Å². The molecule has 1 aliphatic rings. The minimum absolute atomic E-state index is 0.0599. The maximum atomic E-state index is 13.2. The number of hydrogen-bond acceptors (Lipinski definition) is 4. The molecule has 0 unspecified atom stereocenters. The highest BCUT2D eigenvalue weighted by Gasteiger charge is 2.27. The average Bonchev–Trinajstić information content (AvgIpc) is 3.16. The monoisotopic (exact) mass is 414 g/mol. The fraction of sp³-hybridized carbons (Fsp3) is 0.273. The van der Waals surface area contributed by atoms with Crippen molar-refractivity contribution < 1.29 is 18.4 Å². The zero-order chi connectivity index (χ0) is 20.2. The lowest BCUT2D eigenvalue weighted by molar-refractivity contribution is -0.132. The zero-order valence-electron chi connectivity index (χ0n) is 15.7. The van der Waals surface area contributed by atoms with Crippen molar-refractivity contribution in [3.63, 3.8) is 0 Å². The molecule has 7 heteroatoms. The predicted molar refractivity (Wildman–Crippen MR) is 107 cm³/mol. The molecule has 0 N–H and O–H groups in total. The van der Waals surface area contributed by atoms with Gasteiger partial charge >= 0.3 is 0 Å². The smallest absolute Gasteiger partial charge is 0.223 e. The van der Waals surface area contributed by atoms with Crippen LogP contribution in [0.4, 0.5) is 4.39 Å². The van der Waals surface area contributed by atoms with Gasteiger partial charge < -0.3 is 14.2 Å². The summed E-state index contributed by atoms with van der Waals surface area (Å²) in [5, 5.41) is 4.69. The van der Waals surface area contributed by atoms with Crippen molar-refractivity contribution in [2.75, 3.05) is 13.2 Å². The van der Waals surface area contributed by atoms with Crippen molar-refractivity contribution in [1.82, 2.24) is 10.1 Å². The van der Waals surface area contributed by atoms with Gasteiger partial charge in [-0.3, -0.25) is 4.79 Å². The lowest BCUT2D eigenvalue weighted by Gasteiger charge is -2.26. The Kier molecular flexibility index (Phi) is 5.81. The zero-order valence-corrected chi connectivity index (χ0v) is 16.5. The molecule has 2 aromatic carbocycles. The second kappa shape index (κ2) is 8.66. The van der Waals surface area contributed by atoms with Gasteiger partial charge in [-0.05, 0) is 42.8 Å². The first-order chi connectivity index (χ1) is 14.1. The van der Waals surface area contributed by atoms with Gasteiger partial charge in [0.1, 0.15) is 11.6 Å². The summed E-state index contributed by atoms with van der Waals surface area (Å²) in [6.07, 6.45) is 1.63. The van der Waals surface area contributed by atoms with Crippen molar-refractivity contribution in [2.24, 2.45) is 0 Å². The molecule has 1 aromatic heterocycles. The number of amides is 1. The normalized spacial score (nSPS) is 13.2. The van der Waals surface area contributed by atoms with Gasteiger partial charge in [0.15, 0.2) is 5.76 Å². The maximum absolute atomic E-state index is 13.2. The number of carbonyl (C=O) groups excluding carboxylic acids is 1. The third-order valence-electron chi connectivity index (χ3n) is 4.93. The van der Waals surface area contributed by atoms with E-state index in [9.17, 15) is 9.18 Å². The van der Waals surface area contributed by atoms with Crippen molar-refractivity contribution in [3.05, 3.63) is 70.6 Å². The highest BCUT2D eigenvalue weighted by atomic mass is 35.5. The Hall–Kier alpha value is -2.86. The topological polar surface area (TPSA) is 55.6 Å². The first-order valence-electron chi connectivity index (χ1n) is 9.50. The second-order valence-corrected chi connectivity index (χ2v) is 7.30. The number of hydrogen-bond donors (Lipinski definition) is 0. The lowest BCUT2D eigenvalue weighted by atomic mass is 10.0. The molecule has 3 aromatic rings. The van der Waals surface area contributed by atoms with E-state index in [1.165, 1.54) is 12.1 Å². The number of fused-ring (bicyclic) bond motifs is 1. The van der Waals surface area contributed by atoms with E-state index in [-0.39, 0.29) is 11.7 Å². The fourth-order valence-electron chi connectivity index (χ4n) is 3.38. The number of aromatic nitrogens is 1. The first-order valence-corrected chi connectivity index (χ1v) is 9.88. The van der Waals surface area contributed by atoms with Crippen LogP contribution in [-0.2, 0) is 17.8 Å². The minimum Gasteiger partial charge on any atom is -0.492 e. The van der Waals surface area contributed by atoms with Gasteiger partial charge in [0.2, 0.25) is 5.91 Å². The van der Waals surface area contributed by atoms with Crippen LogP contribution in [0.15, 0.2) is 53.1 Å². The van der Waals surface area contributed by atoms with E-state index in [1.54, 1.807) is 24.3 Å². The van der Waals surface area contributed by atoms with E-state index >= 15 is 0 Å². The molecule has 0 saturated heterocycles. The van der Waals surface area contributed by atoms with E-state index in [2.05, 4.69) is 5.16 Å². The molecule has 1 amide bonds. The van der Waals surface area contributed by atoms with Gasteiger partial charge in [0, 0.05) is 30.5 Å². The summed E-state index contributed by atoms with van der Waals surface area (Å²) in [5.74, 6) is 0.972. The van der Waals surface area contributed by atoms with E-state index in [1.807, 2.05) is 17.0 Å². The summed E-state index contributed by atoms with van der Waals surface area (Å²) in [7, 11) is 0. The van der Waals surface area contributed by atoms with Crippen LogP contribution in [-0.4, -0.2) is 29.1 Å². The Balaban J connectivity index is 1.34. The fourth-order valence-corrected chi connectivity index (χ4v) is 3.57. The Morgan fingerprint density at radius 2 is 2.00 bits per heavy atom. The molecule has 1 aliphatic heterocycles. The van der Waals surface area contributed by atoms with Crippen molar-refractivity contribution >= 4 is 17.5 Å². The quantitative estimate of drug-likeness (QED) is 0.539. The van der Waals surface area contributed by atoms with E-state index in [0.717, 1.165) is 16.8 Å². The Bertz CT molecular complexity index is 1000. The molecule has 2 heterocycles. The number of benzene rings is 2. The van der Waals surface area contributed by atoms with Crippen molar-refractivity contribution in [3.8, 4) is 17.1 Å². The molecule has 5 nitrogen and oxygen atoms in total. The number of rotatable bonds is 6. The van der Waals surface area contributed by atoms with Crippen molar-refractivity contribution in [1.29, 1.82) is 0 Å². The van der Waals surface area contributed by atoms with Gasteiger partial charge in [0.25, 0.3) is 0 Å². The van der Waals surface area contributed by atoms with Crippen molar-refractivity contribution in [2.45, 2.75) is 25.8 Å². The Labute approximate surface area is 173 Å². The summed E-state index contributed by atoms with van der Waals surface area (Å²) >= 11 is 6.06. The predicted octanol–water partition coefficient (Wildman–Crippen LogP) is 4.88. The molecule has 0 atom stereocenters. The van der Waals surface area contributed by atoms with E-state index < -0.39 is 0 Å². The van der Waals surface area contributed by atoms with Gasteiger partial charge in [-0.2, -0.15) is 0 Å². The largest absolute Gasteiger partial charge is 0.492 e. The molecule has 4 rings (SSSR count). The third kappa shape index (κ3) is 4.43. The van der Waals surface area contributed by atoms with Gasteiger partial charge in [-0.25, -0.2) is 4.39 Å². The molecular formula is C22H20ClFN2O3. The molecule has 0 saturated carbocycles. The lowest BCUT2D eigenvalue weighted by Crippen LogP contribution is -2.36. The Morgan fingerprint density at radius 3 is 2.79 bits per heavy atom. The minimum atomic E-state index is -0.307. The summed E-state index contributed by atoms with van der Waals surface area (Å²) in [6, 6.07) is 13.4. The van der Waals surface area contributed by atoms with Crippen LogP contribution in [0.2, 0.25) is 5.02 Å². The van der Waals surface area contributed by atoms with Crippen LogP contribution in [0.25, 0.3) is 11.3 Å². The van der Waals surface area contributed by atoms with Crippen LogP contribution in [0.5, 0.6) is 5.75 Å². The van der Waals surface area contributed by atoms with Crippen LogP contribution in [0.3, 0.4) is 0 Å². The van der Waals surface area contributed by atoms with Gasteiger partial charge in [-0.15, -0.1) is 0 Å². The highest BCUT2D eigenvalue weighted by Crippen LogP contribution is 2.31. The number of ether oxygens (including phenoxy) is 1. The molecular weight excluding hydrogens is 395 g/mol. The first kappa shape index (κ1) is 19.5. The van der Waals surface area contributed by atoms with Crippen LogP contribution >= 0.6 is 11.6 Å². The number of para-hydroxylation sites is 1. The molecule has 0 spiro atoms. The highest BCUT2D eigenvalue weighted by molar-refractivity contribution is 6.32. The summed E-state index contributed by atoms with van der Waals surface area (Å²) in [6.45, 7) is 1.46. The summed E-state index contributed by atoms with van der Waals surface area (Å²) in [5.41, 5.74) is 2.50. The van der Waals surface area contributed by atoms with Crippen LogP contribution in [0, 0.1) is 5.82 Å². The number of nitrogens with zero attached hydrogens (tertiary/aromatic N) is 2. The molecule has 0 bridgehead atoms. The summed E-state index contributed by atoms with van der Waals surface area (Å²) < 4.78 is 24.3. The molecule has 150 valence electrons. The summed E-state index contributed by atoms with van der Waals surface area (Å²) in [4.78, 5) is 14.5. The Morgan fingerprint density at radius 1 is 1.21 bits per heavy atom. The third-order valence-corrected chi connectivity index (χ3v) is 5.24. The van der Waals surface area contributed by atoms with Gasteiger partial charge in [0.05, 0.1) is 23.9 Å². The number of halogens is 2. The molecule has 0 aliphatic carbocycles.